The Morgan fingerprint density at radius 1 is 1.22 bits per heavy atom. The largest absolute Gasteiger partial charge is 0.354 e. The second kappa shape index (κ2) is 8.76. The number of piperidine rings is 1. The van der Waals surface area contributed by atoms with Crippen molar-refractivity contribution in [2.75, 3.05) is 13.1 Å². The lowest BCUT2D eigenvalue weighted by Gasteiger charge is -2.32. The molecule has 0 aliphatic carbocycles. The second-order valence-corrected chi connectivity index (χ2v) is 5.28. The lowest BCUT2D eigenvalue weighted by molar-refractivity contribution is -0.124. The molecular weight excluding hydrogens is 248 g/mol. The van der Waals surface area contributed by atoms with Crippen molar-refractivity contribution < 1.29 is 4.79 Å². The average molecular weight is 277 g/mol. The van der Waals surface area contributed by atoms with Crippen molar-refractivity contribution in [3.63, 3.8) is 0 Å². The van der Waals surface area contributed by atoms with E-state index in [0.717, 1.165) is 38.8 Å². The van der Waals surface area contributed by atoms with Gasteiger partial charge in [0.15, 0.2) is 0 Å². The summed E-state index contributed by atoms with van der Waals surface area (Å²) in [5.41, 5.74) is 0.296. The van der Waals surface area contributed by atoms with Crippen molar-refractivity contribution in [1.29, 1.82) is 0 Å². The summed E-state index contributed by atoms with van der Waals surface area (Å²) >= 11 is 0. The minimum absolute atomic E-state index is 0. The van der Waals surface area contributed by atoms with Crippen LogP contribution in [-0.4, -0.2) is 25.0 Å². The molecule has 1 atom stereocenters. The van der Waals surface area contributed by atoms with Crippen molar-refractivity contribution in [2.45, 2.75) is 65.3 Å². The Hall–Kier alpha value is -0.280. The van der Waals surface area contributed by atoms with Crippen LogP contribution in [0, 0.1) is 5.41 Å². The van der Waals surface area contributed by atoms with E-state index < -0.39 is 0 Å². The third-order valence-corrected chi connectivity index (χ3v) is 4.51. The van der Waals surface area contributed by atoms with Crippen LogP contribution >= 0.6 is 12.4 Å². The number of amides is 1. The zero-order valence-corrected chi connectivity index (χ0v) is 12.9. The van der Waals surface area contributed by atoms with Gasteiger partial charge in [0, 0.05) is 6.54 Å². The quantitative estimate of drug-likeness (QED) is 0.783. The van der Waals surface area contributed by atoms with Gasteiger partial charge in [-0.2, -0.15) is 0 Å². The monoisotopic (exact) mass is 276 g/mol. The Kier molecular flexibility index (Phi) is 8.62. The zero-order valence-electron chi connectivity index (χ0n) is 12.1. The molecule has 0 radical (unpaired) electrons. The highest BCUT2D eigenvalue weighted by Crippen LogP contribution is 2.29. The topological polar surface area (TPSA) is 41.1 Å². The molecule has 18 heavy (non-hydrogen) atoms. The van der Waals surface area contributed by atoms with E-state index in [2.05, 4.69) is 31.4 Å². The fourth-order valence-electron chi connectivity index (χ4n) is 2.60. The van der Waals surface area contributed by atoms with Crippen LogP contribution < -0.4 is 10.6 Å². The molecule has 0 aromatic carbocycles. The van der Waals surface area contributed by atoms with Crippen LogP contribution in [0.5, 0.6) is 0 Å². The molecule has 0 aromatic heterocycles. The number of hydrogen-bond acceptors (Lipinski definition) is 2. The summed E-state index contributed by atoms with van der Waals surface area (Å²) in [7, 11) is 0. The van der Waals surface area contributed by atoms with Gasteiger partial charge in [-0.3, -0.25) is 4.79 Å². The van der Waals surface area contributed by atoms with Crippen molar-refractivity contribution in [2.24, 2.45) is 5.41 Å². The maximum absolute atomic E-state index is 12.0. The number of halogens is 1. The molecule has 0 aromatic rings. The molecule has 1 rings (SSSR count). The van der Waals surface area contributed by atoms with Gasteiger partial charge in [-0.1, -0.05) is 27.2 Å². The SMILES string of the molecule is CCC(CC)(CC)CNC(=O)C1CCCCN1.Cl. The van der Waals surface area contributed by atoms with Gasteiger partial charge in [-0.15, -0.1) is 12.4 Å². The summed E-state index contributed by atoms with van der Waals surface area (Å²) in [4.78, 5) is 12.0. The predicted octanol–water partition coefficient (Wildman–Crippen LogP) is 2.88. The van der Waals surface area contributed by atoms with Gasteiger partial charge in [0.2, 0.25) is 5.91 Å². The molecule has 1 unspecified atom stereocenters. The van der Waals surface area contributed by atoms with Crippen LogP contribution in [0.2, 0.25) is 0 Å². The zero-order chi connectivity index (χ0) is 12.7. The summed E-state index contributed by atoms with van der Waals surface area (Å²) in [5, 5.41) is 6.44. The molecule has 4 heteroatoms. The third-order valence-electron chi connectivity index (χ3n) is 4.51. The van der Waals surface area contributed by atoms with E-state index in [0.29, 0.717) is 5.41 Å². The Labute approximate surface area is 118 Å². The fourth-order valence-corrected chi connectivity index (χ4v) is 2.60. The van der Waals surface area contributed by atoms with Gasteiger partial charge in [0.25, 0.3) is 0 Å². The molecule has 0 spiro atoms. The molecule has 1 aliphatic heterocycles. The third kappa shape index (κ3) is 4.77. The van der Waals surface area contributed by atoms with Gasteiger partial charge >= 0.3 is 0 Å². The lowest BCUT2D eigenvalue weighted by Crippen LogP contribution is -2.49. The summed E-state index contributed by atoms with van der Waals surface area (Å²) < 4.78 is 0. The highest BCUT2D eigenvalue weighted by Gasteiger charge is 2.26. The summed E-state index contributed by atoms with van der Waals surface area (Å²) in [5.74, 6) is 0.199. The number of carbonyl (C=O) groups is 1. The van der Waals surface area contributed by atoms with E-state index in [1.807, 2.05) is 0 Å². The summed E-state index contributed by atoms with van der Waals surface area (Å²) in [6.07, 6.45) is 6.77. The maximum Gasteiger partial charge on any atom is 0.237 e. The van der Waals surface area contributed by atoms with Crippen LogP contribution in [-0.2, 0) is 4.79 Å². The number of rotatable bonds is 6. The molecule has 1 fully saturated rings. The van der Waals surface area contributed by atoms with Crippen molar-refractivity contribution >= 4 is 18.3 Å². The first-order chi connectivity index (χ1) is 8.17. The van der Waals surface area contributed by atoms with E-state index in [1.165, 1.54) is 12.8 Å². The highest BCUT2D eigenvalue weighted by molar-refractivity contribution is 5.85. The standard InChI is InChI=1S/C14H28N2O.ClH/c1-4-14(5-2,6-3)11-16-13(17)12-9-7-8-10-15-12;/h12,15H,4-11H2,1-3H3,(H,16,17);1H. The Bertz CT molecular complexity index is 228. The first-order valence-corrected chi connectivity index (χ1v) is 7.18. The number of carbonyl (C=O) groups excluding carboxylic acids is 1. The first kappa shape index (κ1) is 17.7. The summed E-state index contributed by atoms with van der Waals surface area (Å²) in [6, 6.07) is 0.0482. The maximum atomic E-state index is 12.0. The predicted molar refractivity (Wildman–Crippen MR) is 79.2 cm³/mol. The molecule has 1 amide bonds. The second-order valence-electron chi connectivity index (χ2n) is 5.28. The number of hydrogen-bond donors (Lipinski definition) is 2. The van der Waals surface area contributed by atoms with E-state index in [-0.39, 0.29) is 24.4 Å². The van der Waals surface area contributed by atoms with Crippen LogP contribution in [0.4, 0.5) is 0 Å². The van der Waals surface area contributed by atoms with E-state index >= 15 is 0 Å². The Morgan fingerprint density at radius 3 is 2.28 bits per heavy atom. The van der Waals surface area contributed by atoms with E-state index in [9.17, 15) is 4.79 Å². The van der Waals surface area contributed by atoms with Gasteiger partial charge in [0.05, 0.1) is 6.04 Å². The van der Waals surface area contributed by atoms with Crippen molar-refractivity contribution in [3.05, 3.63) is 0 Å². The van der Waals surface area contributed by atoms with E-state index in [1.54, 1.807) is 0 Å². The molecule has 2 N–H and O–H groups in total. The normalized spacial score (nSPS) is 20.1. The van der Waals surface area contributed by atoms with Gasteiger partial charge in [-0.05, 0) is 44.1 Å². The lowest BCUT2D eigenvalue weighted by atomic mass is 9.80. The fraction of sp³-hybridized carbons (Fsp3) is 0.929. The average Bonchev–Trinajstić information content (AvgIpc) is 2.41. The molecule has 0 saturated carbocycles. The molecular formula is C14H29ClN2O. The molecule has 3 nitrogen and oxygen atoms in total. The van der Waals surface area contributed by atoms with Gasteiger partial charge in [0.1, 0.15) is 0 Å². The Morgan fingerprint density at radius 2 is 1.83 bits per heavy atom. The van der Waals surface area contributed by atoms with Gasteiger partial charge in [-0.25, -0.2) is 0 Å². The van der Waals surface area contributed by atoms with Crippen LogP contribution in [0.15, 0.2) is 0 Å². The minimum atomic E-state index is 0. The molecule has 1 aliphatic rings. The summed E-state index contributed by atoms with van der Waals surface area (Å²) in [6.45, 7) is 8.47. The van der Waals surface area contributed by atoms with Crippen LogP contribution in [0.3, 0.4) is 0 Å². The molecule has 1 saturated heterocycles. The van der Waals surface area contributed by atoms with Crippen molar-refractivity contribution in [1.82, 2.24) is 10.6 Å². The van der Waals surface area contributed by atoms with E-state index in [4.69, 9.17) is 0 Å². The Balaban J connectivity index is 0.00000289. The number of nitrogens with one attached hydrogen (secondary N) is 2. The smallest absolute Gasteiger partial charge is 0.237 e. The van der Waals surface area contributed by atoms with Gasteiger partial charge < -0.3 is 10.6 Å². The minimum Gasteiger partial charge on any atom is -0.354 e. The van der Waals surface area contributed by atoms with Crippen molar-refractivity contribution in [3.8, 4) is 0 Å². The molecule has 0 bridgehead atoms. The van der Waals surface area contributed by atoms with Crippen LogP contribution in [0.1, 0.15) is 59.3 Å². The van der Waals surface area contributed by atoms with Crippen LogP contribution in [0.25, 0.3) is 0 Å². The first-order valence-electron chi connectivity index (χ1n) is 7.18. The molecule has 1 heterocycles. The molecule has 108 valence electrons. The highest BCUT2D eigenvalue weighted by atomic mass is 35.5.